The summed E-state index contributed by atoms with van der Waals surface area (Å²) >= 11 is 0. The van der Waals surface area contributed by atoms with Crippen LogP contribution < -0.4 is 4.74 Å². The second kappa shape index (κ2) is 11.3. The number of hydrogen-bond donors (Lipinski definition) is 2. The van der Waals surface area contributed by atoms with Crippen LogP contribution in [0.2, 0.25) is 0 Å². The summed E-state index contributed by atoms with van der Waals surface area (Å²) in [5.41, 5.74) is 7.78. The minimum absolute atomic E-state index is 0.0975. The van der Waals surface area contributed by atoms with Gasteiger partial charge < -0.3 is 14.9 Å². The summed E-state index contributed by atoms with van der Waals surface area (Å²) in [6, 6.07) is 17.8. The summed E-state index contributed by atoms with van der Waals surface area (Å²) in [7, 11) is 0. The molecular formula is C29H34O4. The average molecular weight is 447 g/mol. The largest absolute Gasteiger partial charge is 0.489 e. The lowest BCUT2D eigenvalue weighted by Gasteiger charge is -2.18. The fourth-order valence-corrected chi connectivity index (χ4v) is 4.10. The molecule has 0 radical (unpaired) electrons. The van der Waals surface area contributed by atoms with Gasteiger partial charge in [0.15, 0.2) is 5.78 Å². The van der Waals surface area contributed by atoms with E-state index in [9.17, 15) is 15.0 Å². The quantitative estimate of drug-likeness (QED) is 0.364. The molecule has 0 aliphatic rings. The monoisotopic (exact) mass is 446 g/mol. The maximum absolute atomic E-state index is 12.3. The van der Waals surface area contributed by atoms with Gasteiger partial charge in [0.05, 0.1) is 13.2 Å². The van der Waals surface area contributed by atoms with E-state index in [2.05, 4.69) is 39.0 Å². The lowest BCUT2D eigenvalue weighted by Crippen LogP contribution is -2.03. The van der Waals surface area contributed by atoms with E-state index in [1.54, 1.807) is 0 Å². The summed E-state index contributed by atoms with van der Waals surface area (Å²) in [6.45, 7) is 8.49. The number of Topliss-reactive ketones (excluding diaryl/α,β-unsaturated/α-hetero) is 1. The molecule has 0 aliphatic heterocycles. The third kappa shape index (κ3) is 5.70. The molecule has 0 saturated heterocycles. The summed E-state index contributed by atoms with van der Waals surface area (Å²) in [5, 5.41) is 18.9. The minimum Gasteiger partial charge on any atom is -0.489 e. The minimum atomic E-state index is -0.117. The molecule has 0 aliphatic carbocycles. The predicted octanol–water partition coefficient (Wildman–Crippen LogP) is 6.20. The van der Waals surface area contributed by atoms with E-state index in [1.165, 1.54) is 5.56 Å². The van der Waals surface area contributed by atoms with Crippen molar-refractivity contribution in [3.8, 4) is 16.9 Å². The third-order valence-electron chi connectivity index (χ3n) is 6.09. The highest BCUT2D eigenvalue weighted by Gasteiger charge is 2.15. The van der Waals surface area contributed by atoms with Crippen molar-refractivity contribution < 1.29 is 19.7 Å². The number of ether oxygens (including phenoxy) is 1. The standard InChI is InChI=1S/C29H34O4/c1-5-21-9-11-25(33-18-20-7-8-23(16-30)24(13-20)17-31)15-28(21)26-12-10-22(29(32)6-2)14-27(26)19(3)4/h7-15,19,30-31H,5-6,16-18H2,1-4H3. The van der Waals surface area contributed by atoms with Crippen molar-refractivity contribution in [1.82, 2.24) is 0 Å². The molecule has 0 saturated carbocycles. The van der Waals surface area contributed by atoms with E-state index in [0.717, 1.165) is 45.6 Å². The number of benzene rings is 3. The molecule has 4 heteroatoms. The van der Waals surface area contributed by atoms with Crippen LogP contribution in [0.1, 0.15) is 78.2 Å². The van der Waals surface area contributed by atoms with E-state index in [4.69, 9.17) is 4.74 Å². The van der Waals surface area contributed by atoms with E-state index >= 15 is 0 Å². The van der Waals surface area contributed by atoms with Gasteiger partial charge in [-0.15, -0.1) is 0 Å². The summed E-state index contributed by atoms with van der Waals surface area (Å²) in [5.74, 6) is 1.20. The van der Waals surface area contributed by atoms with Gasteiger partial charge in [-0.05, 0) is 75.5 Å². The zero-order valence-corrected chi connectivity index (χ0v) is 20.0. The number of ketones is 1. The number of carbonyl (C=O) groups is 1. The van der Waals surface area contributed by atoms with Crippen LogP contribution in [0.5, 0.6) is 5.75 Å². The molecule has 0 heterocycles. The lowest BCUT2D eigenvalue weighted by atomic mass is 9.87. The maximum atomic E-state index is 12.3. The fourth-order valence-electron chi connectivity index (χ4n) is 4.10. The van der Waals surface area contributed by atoms with Crippen LogP contribution in [0.15, 0.2) is 54.6 Å². The van der Waals surface area contributed by atoms with Crippen molar-refractivity contribution in [1.29, 1.82) is 0 Å². The Bertz CT molecular complexity index is 1110. The van der Waals surface area contributed by atoms with Crippen molar-refractivity contribution in [3.63, 3.8) is 0 Å². The van der Waals surface area contributed by atoms with Gasteiger partial charge in [0.1, 0.15) is 12.4 Å². The number of aliphatic hydroxyl groups is 2. The van der Waals surface area contributed by atoms with Crippen molar-refractivity contribution in [3.05, 3.63) is 88.0 Å². The van der Waals surface area contributed by atoms with Crippen molar-refractivity contribution >= 4 is 5.78 Å². The third-order valence-corrected chi connectivity index (χ3v) is 6.09. The van der Waals surface area contributed by atoms with E-state index < -0.39 is 0 Å². The Hall–Kier alpha value is -2.95. The van der Waals surface area contributed by atoms with Crippen LogP contribution in [0.25, 0.3) is 11.1 Å². The normalized spacial score (nSPS) is 11.1. The Balaban J connectivity index is 1.94. The molecular weight excluding hydrogens is 412 g/mol. The molecule has 3 aromatic carbocycles. The van der Waals surface area contributed by atoms with Crippen LogP contribution in [-0.2, 0) is 26.2 Å². The molecule has 0 atom stereocenters. The Morgan fingerprint density at radius 3 is 2.21 bits per heavy atom. The van der Waals surface area contributed by atoms with E-state index in [0.29, 0.717) is 18.6 Å². The molecule has 2 N–H and O–H groups in total. The van der Waals surface area contributed by atoms with Crippen LogP contribution in [0.4, 0.5) is 0 Å². The summed E-state index contributed by atoms with van der Waals surface area (Å²) in [6.07, 6.45) is 1.39. The first-order chi connectivity index (χ1) is 15.9. The Labute approximate surface area is 196 Å². The smallest absolute Gasteiger partial charge is 0.162 e. The first-order valence-electron chi connectivity index (χ1n) is 11.7. The Kier molecular flexibility index (Phi) is 8.43. The van der Waals surface area contributed by atoms with Crippen LogP contribution in [0.3, 0.4) is 0 Å². The van der Waals surface area contributed by atoms with Gasteiger partial charge in [0.2, 0.25) is 0 Å². The molecule has 0 unspecified atom stereocenters. The number of hydrogen-bond acceptors (Lipinski definition) is 4. The van der Waals surface area contributed by atoms with Crippen molar-refractivity contribution in [2.45, 2.75) is 66.3 Å². The van der Waals surface area contributed by atoms with Gasteiger partial charge in [0, 0.05) is 12.0 Å². The highest BCUT2D eigenvalue weighted by atomic mass is 16.5. The molecule has 0 spiro atoms. The highest BCUT2D eigenvalue weighted by molar-refractivity contribution is 5.96. The number of rotatable bonds is 10. The van der Waals surface area contributed by atoms with E-state index in [-0.39, 0.29) is 24.9 Å². The van der Waals surface area contributed by atoms with Crippen LogP contribution >= 0.6 is 0 Å². The van der Waals surface area contributed by atoms with E-state index in [1.807, 2.05) is 43.3 Å². The molecule has 3 rings (SSSR count). The van der Waals surface area contributed by atoms with Crippen LogP contribution in [0, 0.1) is 0 Å². The van der Waals surface area contributed by atoms with Crippen molar-refractivity contribution in [2.75, 3.05) is 0 Å². The summed E-state index contributed by atoms with van der Waals surface area (Å²) in [4.78, 5) is 12.3. The Morgan fingerprint density at radius 2 is 1.58 bits per heavy atom. The first-order valence-corrected chi connectivity index (χ1v) is 11.7. The number of aryl methyl sites for hydroxylation is 1. The zero-order valence-electron chi connectivity index (χ0n) is 20.0. The van der Waals surface area contributed by atoms with Gasteiger partial charge in [-0.3, -0.25) is 4.79 Å². The average Bonchev–Trinajstić information content (AvgIpc) is 2.86. The van der Waals surface area contributed by atoms with Gasteiger partial charge in [-0.25, -0.2) is 0 Å². The highest BCUT2D eigenvalue weighted by Crippen LogP contribution is 2.35. The Morgan fingerprint density at radius 1 is 0.848 bits per heavy atom. The molecule has 174 valence electrons. The van der Waals surface area contributed by atoms with Crippen LogP contribution in [-0.4, -0.2) is 16.0 Å². The molecule has 3 aromatic rings. The van der Waals surface area contributed by atoms with Gasteiger partial charge in [0.25, 0.3) is 0 Å². The van der Waals surface area contributed by atoms with Gasteiger partial charge in [-0.2, -0.15) is 0 Å². The molecule has 0 bridgehead atoms. The lowest BCUT2D eigenvalue weighted by molar-refractivity contribution is 0.0988. The van der Waals surface area contributed by atoms with Gasteiger partial charge >= 0.3 is 0 Å². The second-order valence-electron chi connectivity index (χ2n) is 8.61. The molecule has 0 fully saturated rings. The number of carbonyl (C=O) groups excluding carboxylic acids is 1. The second-order valence-corrected chi connectivity index (χ2v) is 8.61. The molecule has 33 heavy (non-hydrogen) atoms. The topological polar surface area (TPSA) is 66.8 Å². The molecule has 0 amide bonds. The molecule has 0 aromatic heterocycles. The maximum Gasteiger partial charge on any atom is 0.162 e. The molecule has 4 nitrogen and oxygen atoms in total. The first kappa shape index (κ1) is 24.7. The summed E-state index contributed by atoms with van der Waals surface area (Å²) < 4.78 is 6.11. The van der Waals surface area contributed by atoms with Gasteiger partial charge in [-0.1, -0.05) is 58.0 Å². The zero-order chi connectivity index (χ0) is 24.0. The predicted molar refractivity (Wildman–Crippen MR) is 133 cm³/mol. The van der Waals surface area contributed by atoms with Crippen molar-refractivity contribution in [2.24, 2.45) is 0 Å². The number of aliphatic hydroxyl groups excluding tert-OH is 2. The SMILES string of the molecule is CCC(=O)c1ccc(-c2cc(OCc3ccc(CO)c(CO)c3)ccc2CC)c(C(C)C)c1. The fraction of sp³-hybridized carbons (Fsp3) is 0.345.